The number of carbonyl (C=O) groups excluding carboxylic acids is 1. The van der Waals surface area contributed by atoms with Gasteiger partial charge in [0.25, 0.3) is 11.6 Å². The number of rotatable bonds is 5. The zero-order valence-electron chi connectivity index (χ0n) is 14.6. The van der Waals surface area contributed by atoms with Gasteiger partial charge in [-0.3, -0.25) is 14.9 Å². The molecule has 1 amide bonds. The zero-order valence-corrected chi connectivity index (χ0v) is 16.1. The van der Waals surface area contributed by atoms with Crippen molar-refractivity contribution in [2.75, 3.05) is 13.1 Å². The number of hydrogen-bond donors (Lipinski definition) is 2. The van der Waals surface area contributed by atoms with Crippen LogP contribution in [0.15, 0.2) is 42.5 Å². The van der Waals surface area contributed by atoms with E-state index >= 15 is 0 Å². The molecule has 1 aliphatic rings. The largest absolute Gasteiger partial charge is 0.349 e. The van der Waals surface area contributed by atoms with Gasteiger partial charge in [0.05, 0.1) is 18.0 Å². The quantitative estimate of drug-likeness (QED) is 0.589. The predicted molar refractivity (Wildman–Crippen MR) is 104 cm³/mol. The maximum atomic E-state index is 12.5. The summed E-state index contributed by atoms with van der Waals surface area (Å²) in [5.74, 6) is -0.449. The fourth-order valence-electron chi connectivity index (χ4n) is 3.35. The van der Waals surface area contributed by atoms with Gasteiger partial charge in [-0.25, -0.2) is 0 Å². The summed E-state index contributed by atoms with van der Waals surface area (Å²) in [6, 6.07) is 11.9. The molecule has 6 nitrogen and oxygen atoms in total. The zero-order chi connectivity index (χ0) is 19.4. The third-order valence-corrected chi connectivity index (χ3v) is 5.28. The highest BCUT2D eigenvalue weighted by atomic mass is 35.5. The smallest absolute Gasteiger partial charge is 0.282 e. The summed E-state index contributed by atoms with van der Waals surface area (Å²) in [5, 5.41) is 15.1. The molecule has 142 valence electrons. The van der Waals surface area contributed by atoms with Crippen molar-refractivity contribution in [1.29, 1.82) is 0 Å². The van der Waals surface area contributed by atoms with E-state index in [1.807, 2.05) is 24.3 Å². The van der Waals surface area contributed by atoms with Gasteiger partial charge in [-0.05, 0) is 24.3 Å². The van der Waals surface area contributed by atoms with E-state index in [0.29, 0.717) is 5.02 Å². The number of nitrogens with zero attached hydrogens (tertiary/aromatic N) is 1. The minimum absolute atomic E-state index is 0.00319. The molecule has 0 bridgehead atoms. The number of likely N-dealkylation sites (tertiary alicyclic amines) is 1. The van der Waals surface area contributed by atoms with Crippen molar-refractivity contribution in [3.05, 3.63) is 73.8 Å². The number of hydrogen-bond acceptors (Lipinski definition) is 3. The molecule has 0 unspecified atom stereocenters. The van der Waals surface area contributed by atoms with Gasteiger partial charge in [0, 0.05) is 40.6 Å². The summed E-state index contributed by atoms with van der Waals surface area (Å²) in [7, 11) is 0. The lowest BCUT2D eigenvalue weighted by atomic mass is 10.0. The molecule has 1 fully saturated rings. The molecule has 0 saturated carbocycles. The Morgan fingerprint density at radius 1 is 1.11 bits per heavy atom. The molecule has 1 heterocycles. The molecule has 2 N–H and O–H groups in total. The number of nitrogens with one attached hydrogen (secondary N) is 2. The summed E-state index contributed by atoms with van der Waals surface area (Å²) in [6.07, 6.45) is 1.64. The van der Waals surface area contributed by atoms with Crippen LogP contribution in [0, 0.1) is 10.1 Å². The first-order valence-electron chi connectivity index (χ1n) is 8.75. The SMILES string of the molecule is O=C(NC1CC[NH+](Cc2ccc(Cl)cc2)CC1)c1cc(Cl)ccc1[N+](=O)[O-]. The number of carbonyl (C=O) groups is 1. The molecule has 2 aromatic carbocycles. The number of nitro benzene ring substituents is 1. The minimum Gasteiger partial charge on any atom is -0.349 e. The van der Waals surface area contributed by atoms with Crippen molar-refractivity contribution in [3.8, 4) is 0 Å². The number of nitro groups is 1. The summed E-state index contributed by atoms with van der Waals surface area (Å²) < 4.78 is 0. The lowest BCUT2D eigenvalue weighted by Crippen LogP contribution is -3.12. The first-order valence-corrected chi connectivity index (χ1v) is 9.51. The first kappa shape index (κ1) is 19.6. The van der Waals surface area contributed by atoms with Gasteiger partial charge in [0.15, 0.2) is 0 Å². The van der Waals surface area contributed by atoms with Crippen LogP contribution >= 0.6 is 23.2 Å². The highest BCUT2D eigenvalue weighted by molar-refractivity contribution is 6.31. The standard InChI is InChI=1S/C19H19Cl2N3O3/c20-14-3-1-13(2-4-14)12-23-9-7-16(8-10-23)22-19(25)17-11-15(21)5-6-18(17)24(26)27/h1-6,11,16H,7-10,12H2,(H,22,25)/p+1. The van der Waals surface area contributed by atoms with Gasteiger partial charge in [-0.15, -0.1) is 0 Å². The van der Waals surface area contributed by atoms with Gasteiger partial charge in [0.1, 0.15) is 12.1 Å². The van der Waals surface area contributed by atoms with E-state index in [2.05, 4.69) is 5.32 Å². The van der Waals surface area contributed by atoms with Crippen LogP contribution in [0.3, 0.4) is 0 Å². The van der Waals surface area contributed by atoms with Gasteiger partial charge in [-0.1, -0.05) is 35.3 Å². The first-order chi connectivity index (χ1) is 12.9. The van der Waals surface area contributed by atoms with Crippen molar-refractivity contribution < 1.29 is 14.6 Å². The number of amides is 1. The molecule has 3 rings (SSSR count). The predicted octanol–water partition coefficient (Wildman–Crippen LogP) is 2.88. The second kappa shape index (κ2) is 8.69. The molecule has 8 heteroatoms. The van der Waals surface area contributed by atoms with E-state index in [1.165, 1.54) is 28.7 Å². The molecule has 1 saturated heterocycles. The molecule has 0 atom stereocenters. The summed E-state index contributed by atoms with van der Waals surface area (Å²) in [4.78, 5) is 24.5. The van der Waals surface area contributed by atoms with Crippen LogP contribution in [0.2, 0.25) is 10.0 Å². The van der Waals surface area contributed by atoms with E-state index in [9.17, 15) is 14.9 Å². The monoisotopic (exact) mass is 408 g/mol. The van der Waals surface area contributed by atoms with E-state index < -0.39 is 10.8 Å². The Morgan fingerprint density at radius 3 is 2.37 bits per heavy atom. The fraction of sp³-hybridized carbons (Fsp3) is 0.316. The van der Waals surface area contributed by atoms with Gasteiger partial charge in [0.2, 0.25) is 0 Å². The highest BCUT2D eigenvalue weighted by Crippen LogP contribution is 2.23. The molecule has 0 radical (unpaired) electrons. The lowest BCUT2D eigenvalue weighted by Gasteiger charge is -2.29. The van der Waals surface area contributed by atoms with Gasteiger partial charge < -0.3 is 10.2 Å². The maximum Gasteiger partial charge on any atom is 0.282 e. The van der Waals surface area contributed by atoms with E-state index in [0.717, 1.165) is 37.5 Å². The maximum absolute atomic E-state index is 12.5. The van der Waals surface area contributed by atoms with Crippen LogP contribution in [0.4, 0.5) is 5.69 Å². The molecule has 0 spiro atoms. The number of benzene rings is 2. The van der Waals surface area contributed by atoms with Crippen molar-refractivity contribution in [1.82, 2.24) is 5.32 Å². The van der Waals surface area contributed by atoms with E-state index in [-0.39, 0.29) is 17.3 Å². The van der Waals surface area contributed by atoms with Crippen LogP contribution in [0.5, 0.6) is 0 Å². The second-order valence-electron chi connectivity index (χ2n) is 6.72. The van der Waals surface area contributed by atoms with Crippen LogP contribution < -0.4 is 10.2 Å². The molecule has 1 aliphatic heterocycles. The van der Waals surface area contributed by atoms with Gasteiger partial charge >= 0.3 is 0 Å². The molecule has 0 aliphatic carbocycles. The average Bonchev–Trinajstić information content (AvgIpc) is 2.65. The average molecular weight is 409 g/mol. The van der Waals surface area contributed by atoms with Crippen LogP contribution in [0.1, 0.15) is 28.8 Å². The van der Waals surface area contributed by atoms with Crippen LogP contribution in [-0.2, 0) is 6.54 Å². The van der Waals surface area contributed by atoms with Crippen molar-refractivity contribution >= 4 is 34.8 Å². The highest BCUT2D eigenvalue weighted by Gasteiger charge is 2.27. The third-order valence-electron chi connectivity index (χ3n) is 4.80. The Balaban J connectivity index is 1.56. The van der Waals surface area contributed by atoms with Crippen molar-refractivity contribution in [2.24, 2.45) is 0 Å². The third kappa shape index (κ3) is 5.19. The van der Waals surface area contributed by atoms with Crippen LogP contribution in [0.25, 0.3) is 0 Å². The molecular weight excluding hydrogens is 389 g/mol. The number of quaternary nitrogens is 1. The Kier molecular flexibility index (Phi) is 6.31. The van der Waals surface area contributed by atoms with Crippen LogP contribution in [-0.4, -0.2) is 30.0 Å². The van der Waals surface area contributed by atoms with Crippen molar-refractivity contribution in [3.63, 3.8) is 0 Å². The normalized spacial score (nSPS) is 19.5. The second-order valence-corrected chi connectivity index (χ2v) is 7.59. The Bertz CT molecular complexity index is 835. The molecular formula is C19H20Cl2N3O3+. The summed E-state index contributed by atoms with van der Waals surface area (Å²) in [5.41, 5.74) is 0.998. The molecule has 27 heavy (non-hydrogen) atoms. The Morgan fingerprint density at radius 2 is 1.74 bits per heavy atom. The van der Waals surface area contributed by atoms with Gasteiger partial charge in [-0.2, -0.15) is 0 Å². The lowest BCUT2D eigenvalue weighted by molar-refractivity contribution is -0.918. The molecule has 0 aromatic heterocycles. The molecule has 2 aromatic rings. The Hall–Kier alpha value is -2.15. The fourth-order valence-corrected chi connectivity index (χ4v) is 3.65. The summed E-state index contributed by atoms with van der Waals surface area (Å²) in [6.45, 7) is 2.76. The Labute approximate surface area is 167 Å². The number of halogens is 2. The van der Waals surface area contributed by atoms with Crippen molar-refractivity contribution in [2.45, 2.75) is 25.4 Å². The number of piperidine rings is 1. The van der Waals surface area contributed by atoms with E-state index in [1.54, 1.807) is 0 Å². The van der Waals surface area contributed by atoms with E-state index in [4.69, 9.17) is 23.2 Å². The topological polar surface area (TPSA) is 76.7 Å². The summed E-state index contributed by atoms with van der Waals surface area (Å²) >= 11 is 11.8. The minimum atomic E-state index is -0.565.